The lowest BCUT2D eigenvalue weighted by Crippen LogP contribution is -2.33. The summed E-state index contributed by atoms with van der Waals surface area (Å²) in [5.74, 6) is -0.0601. The standard InChI is InChI=1S/C23H32N2O3S/c1-6-21(20-14-13-17(2)16-19(20)4)24-23(26)12-9-15-25(29(5,27)28)22-11-8-7-10-18(22)3/h7-8,10-11,13-14,16,21H,6,9,12,15H2,1-5H3,(H,24,26). The molecule has 0 aromatic heterocycles. The van der Waals surface area contributed by atoms with Crippen molar-refractivity contribution < 1.29 is 13.2 Å². The van der Waals surface area contributed by atoms with Crippen LogP contribution in [0.5, 0.6) is 0 Å². The van der Waals surface area contributed by atoms with Crippen LogP contribution in [0, 0.1) is 20.8 Å². The van der Waals surface area contributed by atoms with Gasteiger partial charge in [-0.3, -0.25) is 9.10 Å². The summed E-state index contributed by atoms with van der Waals surface area (Å²) in [7, 11) is -3.42. The van der Waals surface area contributed by atoms with E-state index >= 15 is 0 Å². The quantitative estimate of drug-likeness (QED) is 0.658. The Bertz CT molecular complexity index is 954. The fraction of sp³-hybridized carbons (Fsp3) is 0.435. The topological polar surface area (TPSA) is 66.5 Å². The third kappa shape index (κ3) is 6.32. The molecule has 5 nitrogen and oxygen atoms in total. The van der Waals surface area contributed by atoms with Crippen molar-refractivity contribution in [3.8, 4) is 0 Å². The zero-order chi connectivity index (χ0) is 21.6. The summed E-state index contributed by atoms with van der Waals surface area (Å²) in [5.41, 5.74) is 5.05. The smallest absolute Gasteiger partial charge is 0.232 e. The Kier molecular flexibility index (Phi) is 7.85. The molecule has 1 atom stereocenters. The average Bonchev–Trinajstić information content (AvgIpc) is 2.64. The van der Waals surface area contributed by atoms with Gasteiger partial charge in [0.25, 0.3) is 0 Å². The molecule has 0 aliphatic rings. The Morgan fingerprint density at radius 1 is 1.07 bits per heavy atom. The molecule has 0 bridgehead atoms. The van der Waals surface area contributed by atoms with E-state index in [9.17, 15) is 13.2 Å². The second kappa shape index (κ2) is 9.92. The number of anilines is 1. The maximum Gasteiger partial charge on any atom is 0.232 e. The second-order valence-corrected chi connectivity index (χ2v) is 9.52. The van der Waals surface area contributed by atoms with Crippen LogP contribution in [0.1, 0.15) is 54.5 Å². The van der Waals surface area contributed by atoms with Crippen LogP contribution in [0.2, 0.25) is 0 Å². The van der Waals surface area contributed by atoms with Gasteiger partial charge in [0.2, 0.25) is 15.9 Å². The van der Waals surface area contributed by atoms with Gasteiger partial charge in [0.05, 0.1) is 18.0 Å². The second-order valence-electron chi connectivity index (χ2n) is 7.61. The molecule has 0 heterocycles. The number of carbonyl (C=O) groups excluding carboxylic acids is 1. The minimum absolute atomic E-state index is 0.0366. The van der Waals surface area contributed by atoms with Crippen LogP contribution < -0.4 is 9.62 Å². The monoisotopic (exact) mass is 416 g/mol. The van der Waals surface area contributed by atoms with E-state index in [0.717, 1.165) is 17.5 Å². The number of aryl methyl sites for hydroxylation is 3. The molecule has 0 saturated heterocycles. The van der Waals surface area contributed by atoms with Gasteiger partial charge in [-0.15, -0.1) is 0 Å². The van der Waals surface area contributed by atoms with Crippen molar-refractivity contribution in [1.29, 1.82) is 0 Å². The lowest BCUT2D eigenvalue weighted by molar-refractivity contribution is -0.121. The van der Waals surface area contributed by atoms with E-state index < -0.39 is 10.0 Å². The molecular formula is C23H32N2O3S. The molecule has 0 saturated carbocycles. The molecule has 2 aromatic carbocycles. The molecule has 1 N–H and O–H groups in total. The first-order valence-electron chi connectivity index (χ1n) is 10.0. The first-order valence-corrected chi connectivity index (χ1v) is 11.9. The van der Waals surface area contributed by atoms with Crippen molar-refractivity contribution in [2.24, 2.45) is 0 Å². The third-order valence-electron chi connectivity index (χ3n) is 5.09. The number of sulfonamides is 1. The molecular weight excluding hydrogens is 384 g/mol. The van der Waals surface area contributed by atoms with E-state index in [4.69, 9.17) is 0 Å². The summed E-state index contributed by atoms with van der Waals surface area (Å²) in [6, 6.07) is 13.6. The zero-order valence-corrected chi connectivity index (χ0v) is 18.8. The van der Waals surface area contributed by atoms with Crippen molar-refractivity contribution in [2.75, 3.05) is 17.1 Å². The molecule has 0 fully saturated rings. The maximum absolute atomic E-state index is 12.5. The van der Waals surface area contributed by atoms with Crippen LogP contribution in [0.15, 0.2) is 42.5 Å². The predicted octanol–water partition coefficient (Wildman–Crippen LogP) is 4.43. The van der Waals surface area contributed by atoms with E-state index in [2.05, 4.69) is 37.4 Å². The summed E-state index contributed by atoms with van der Waals surface area (Å²) >= 11 is 0. The van der Waals surface area contributed by atoms with Crippen LogP contribution in [-0.4, -0.2) is 27.1 Å². The number of hydrogen-bond donors (Lipinski definition) is 1. The van der Waals surface area contributed by atoms with Gasteiger partial charge in [-0.25, -0.2) is 8.42 Å². The summed E-state index contributed by atoms with van der Waals surface area (Å²) in [6.45, 7) is 8.32. The van der Waals surface area contributed by atoms with E-state index in [0.29, 0.717) is 12.1 Å². The van der Waals surface area contributed by atoms with E-state index in [1.54, 1.807) is 6.07 Å². The lowest BCUT2D eigenvalue weighted by atomic mass is 9.97. The van der Waals surface area contributed by atoms with Gasteiger partial charge < -0.3 is 5.32 Å². The van der Waals surface area contributed by atoms with E-state index in [-0.39, 0.29) is 24.9 Å². The third-order valence-corrected chi connectivity index (χ3v) is 6.27. The van der Waals surface area contributed by atoms with Crippen molar-refractivity contribution in [3.63, 3.8) is 0 Å². The predicted molar refractivity (Wildman–Crippen MR) is 120 cm³/mol. The first kappa shape index (κ1) is 22.9. The average molecular weight is 417 g/mol. The highest BCUT2D eigenvalue weighted by Crippen LogP contribution is 2.24. The molecule has 2 aromatic rings. The Balaban J connectivity index is 2.01. The van der Waals surface area contributed by atoms with Gasteiger partial charge in [-0.05, 0) is 56.4 Å². The fourth-order valence-corrected chi connectivity index (χ4v) is 4.60. The molecule has 1 unspecified atom stereocenters. The largest absolute Gasteiger partial charge is 0.349 e. The van der Waals surface area contributed by atoms with Crippen molar-refractivity contribution in [1.82, 2.24) is 5.32 Å². The minimum atomic E-state index is -3.42. The van der Waals surface area contributed by atoms with E-state index in [1.165, 1.54) is 21.7 Å². The highest BCUT2D eigenvalue weighted by molar-refractivity contribution is 7.92. The molecule has 29 heavy (non-hydrogen) atoms. The Morgan fingerprint density at radius 3 is 2.34 bits per heavy atom. The number of carbonyl (C=O) groups is 1. The summed E-state index contributed by atoms with van der Waals surface area (Å²) in [5, 5.41) is 3.10. The molecule has 6 heteroatoms. The van der Waals surface area contributed by atoms with Gasteiger partial charge in [-0.1, -0.05) is 48.9 Å². The van der Waals surface area contributed by atoms with Crippen molar-refractivity contribution in [2.45, 2.75) is 53.0 Å². The number of para-hydroxylation sites is 1. The minimum Gasteiger partial charge on any atom is -0.349 e. The SMILES string of the molecule is CCC(NC(=O)CCCN(c1ccccc1C)S(C)(=O)=O)c1ccc(C)cc1C. The van der Waals surface area contributed by atoms with Gasteiger partial charge in [0.1, 0.15) is 0 Å². The van der Waals surface area contributed by atoms with Crippen LogP contribution in [0.4, 0.5) is 5.69 Å². The van der Waals surface area contributed by atoms with Gasteiger partial charge in [-0.2, -0.15) is 0 Å². The van der Waals surface area contributed by atoms with Crippen molar-refractivity contribution >= 4 is 21.6 Å². The maximum atomic E-state index is 12.5. The lowest BCUT2D eigenvalue weighted by Gasteiger charge is -2.24. The molecule has 158 valence electrons. The number of benzene rings is 2. The Labute approximate surface area is 175 Å². The van der Waals surface area contributed by atoms with Crippen LogP contribution in [-0.2, 0) is 14.8 Å². The Hall–Kier alpha value is -2.34. The molecule has 2 rings (SSSR count). The summed E-state index contributed by atoms with van der Waals surface area (Å²) in [4.78, 5) is 12.5. The zero-order valence-electron chi connectivity index (χ0n) is 18.0. The molecule has 1 amide bonds. The van der Waals surface area contributed by atoms with Gasteiger partial charge >= 0.3 is 0 Å². The van der Waals surface area contributed by atoms with Gasteiger partial charge in [0, 0.05) is 13.0 Å². The van der Waals surface area contributed by atoms with Crippen LogP contribution in [0.3, 0.4) is 0 Å². The fourth-order valence-electron chi connectivity index (χ4n) is 3.57. The molecule has 0 aliphatic heterocycles. The molecule has 0 radical (unpaired) electrons. The van der Waals surface area contributed by atoms with Gasteiger partial charge in [0.15, 0.2) is 0 Å². The normalized spacial score (nSPS) is 12.4. The molecule has 0 spiro atoms. The summed E-state index contributed by atoms with van der Waals surface area (Å²) < 4.78 is 25.9. The van der Waals surface area contributed by atoms with E-state index in [1.807, 2.05) is 32.0 Å². The Morgan fingerprint density at radius 2 is 1.76 bits per heavy atom. The number of hydrogen-bond acceptors (Lipinski definition) is 3. The number of nitrogens with one attached hydrogen (secondary N) is 1. The number of nitrogens with zero attached hydrogens (tertiary/aromatic N) is 1. The highest BCUT2D eigenvalue weighted by atomic mass is 32.2. The van der Waals surface area contributed by atoms with Crippen molar-refractivity contribution in [3.05, 3.63) is 64.7 Å². The number of rotatable bonds is 9. The van der Waals surface area contributed by atoms with Crippen LogP contribution in [0.25, 0.3) is 0 Å². The highest BCUT2D eigenvalue weighted by Gasteiger charge is 2.20. The summed E-state index contributed by atoms with van der Waals surface area (Å²) in [6.07, 6.45) is 2.73. The molecule has 0 aliphatic carbocycles. The first-order chi connectivity index (χ1) is 13.6. The van der Waals surface area contributed by atoms with Crippen LogP contribution >= 0.6 is 0 Å². The number of amides is 1.